The molecule has 1 amide bonds. The largest absolute Gasteiger partial charge is 0.372 e. The van der Waals surface area contributed by atoms with Crippen LogP contribution in [0.25, 0.3) is 11.3 Å². The molecule has 2 heterocycles. The second-order valence-corrected chi connectivity index (χ2v) is 12.0. The highest BCUT2D eigenvalue weighted by Gasteiger charge is 2.31. The van der Waals surface area contributed by atoms with Gasteiger partial charge in [-0.2, -0.15) is 0 Å². The molecule has 7 nitrogen and oxygen atoms in total. The number of hydrogen-bond acceptors (Lipinski definition) is 5. The van der Waals surface area contributed by atoms with Crippen LogP contribution in [0.4, 0.5) is 22.7 Å². The van der Waals surface area contributed by atoms with Crippen LogP contribution in [0.5, 0.6) is 0 Å². The monoisotopic (exact) mass is 516 g/mol. The van der Waals surface area contributed by atoms with Crippen LogP contribution in [0.1, 0.15) is 37.8 Å². The average Bonchev–Trinajstić information content (AvgIpc) is 3.53. The van der Waals surface area contributed by atoms with Crippen LogP contribution in [-0.2, 0) is 14.8 Å². The first-order chi connectivity index (χ1) is 17.7. The fraction of sp³-hybridized carbons (Fsp3) is 0.276. The molecule has 5 rings (SSSR count). The molecule has 3 aromatic rings. The molecule has 37 heavy (non-hydrogen) atoms. The Kier molecular flexibility index (Phi) is 6.69. The number of nitrogens with one attached hydrogen (secondary N) is 2. The van der Waals surface area contributed by atoms with Gasteiger partial charge in [-0.05, 0) is 74.7 Å². The van der Waals surface area contributed by atoms with Crippen LogP contribution in [0.3, 0.4) is 0 Å². The van der Waals surface area contributed by atoms with Gasteiger partial charge in [0, 0.05) is 48.5 Å². The summed E-state index contributed by atoms with van der Waals surface area (Å²) in [5.41, 5.74) is 6.02. The molecule has 1 saturated heterocycles. The first-order valence-electron chi connectivity index (χ1n) is 12.6. The smallest absolute Gasteiger partial charge is 0.258 e. The van der Waals surface area contributed by atoms with Gasteiger partial charge in [0.15, 0.2) is 0 Å². The fourth-order valence-electron chi connectivity index (χ4n) is 4.84. The van der Waals surface area contributed by atoms with Crippen LogP contribution >= 0.6 is 0 Å². The maximum atomic E-state index is 13.4. The van der Waals surface area contributed by atoms with Crippen molar-refractivity contribution < 1.29 is 13.2 Å². The van der Waals surface area contributed by atoms with E-state index >= 15 is 0 Å². The molecule has 1 fully saturated rings. The van der Waals surface area contributed by atoms with Crippen molar-refractivity contribution in [3.05, 3.63) is 83.9 Å². The molecule has 0 aliphatic carbocycles. The number of benzene rings is 3. The Labute approximate surface area is 218 Å². The molecule has 8 heteroatoms. The Bertz CT molecular complexity index is 1440. The van der Waals surface area contributed by atoms with E-state index in [0.717, 1.165) is 30.0 Å². The van der Waals surface area contributed by atoms with E-state index in [1.54, 1.807) is 32.0 Å². The summed E-state index contributed by atoms with van der Waals surface area (Å²) in [4.78, 5) is 17.8. The lowest BCUT2D eigenvalue weighted by atomic mass is 9.98. The van der Waals surface area contributed by atoms with E-state index < -0.39 is 15.3 Å². The van der Waals surface area contributed by atoms with Gasteiger partial charge in [-0.25, -0.2) is 8.42 Å². The number of rotatable bonds is 7. The number of anilines is 4. The highest BCUT2D eigenvalue weighted by molar-refractivity contribution is 7.93. The number of amides is 1. The van der Waals surface area contributed by atoms with Gasteiger partial charge in [-0.3, -0.25) is 9.52 Å². The SMILES string of the molecule is CC(C)S(=O)(=O)Nc1ccc2c(c1)C(=C(c1ccccc1)N(C)c1ccc(N3CCCC3)cc1)C(=O)N2. The van der Waals surface area contributed by atoms with Gasteiger partial charge in [-0.1, -0.05) is 30.3 Å². The van der Waals surface area contributed by atoms with Gasteiger partial charge in [0.05, 0.1) is 16.5 Å². The molecule has 3 aromatic carbocycles. The van der Waals surface area contributed by atoms with Crippen molar-refractivity contribution in [2.75, 3.05) is 40.0 Å². The molecule has 2 aliphatic heterocycles. The minimum absolute atomic E-state index is 0.224. The van der Waals surface area contributed by atoms with E-state index in [4.69, 9.17) is 0 Å². The molecule has 0 spiro atoms. The molecule has 0 saturated carbocycles. The quantitative estimate of drug-likeness (QED) is 0.411. The molecule has 0 aromatic heterocycles. The molecular formula is C29H32N4O3S. The molecule has 0 bridgehead atoms. The van der Waals surface area contributed by atoms with Crippen molar-refractivity contribution in [2.24, 2.45) is 0 Å². The fourth-order valence-corrected chi connectivity index (χ4v) is 5.53. The molecule has 0 radical (unpaired) electrons. The van der Waals surface area contributed by atoms with Crippen LogP contribution in [0.2, 0.25) is 0 Å². The van der Waals surface area contributed by atoms with Crippen molar-refractivity contribution in [1.82, 2.24) is 0 Å². The Morgan fingerprint density at radius 3 is 2.30 bits per heavy atom. The van der Waals surface area contributed by atoms with E-state index in [1.165, 1.54) is 18.5 Å². The highest BCUT2D eigenvalue weighted by Crippen LogP contribution is 2.41. The first-order valence-corrected chi connectivity index (χ1v) is 14.1. The topological polar surface area (TPSA) is 81.8 Å². The lowest BCUT2D eigenvalue weighted by Crippen LogP contribution is -2.22. The standard InChI is InChI=1S/C29H32N4O3S/c1-20(2)37(35,36)31-22-11-16-26-25(19-22)27(29(34)30-26)28(21-9-5-4-6-10-21)32(3)23-12-14-24(15-13-23)33-17-7-8-18-33/h4-6,9-16,19-20,31H,7-8,17-18H2,1-3H3,(H,30,34). The third kappa shape index (κ3) is 4.93. The van der Waals surface area contributed by atoms with E-state index in [0.29, 0.717) is 22.5 Å². The molecule has 2 N–H and O–H groups in total. The predicted molar refractivity (Wildman–Crippen MR) is 152 cm³/mol. The Hall–Kier alpha value is -3.78. The maximum Gasteiger partial charge on any atom is 0.258 e. The zero-order chi connectivity index (χ0) is 26.2. The zero-order valence-electron chi connectivity index (χ0n) is 21.4. The average molecular weight is 517 g/mol. The van der Waals surface area contributed by atoms with E-state index in [1.807, 2.05) is 42.3 Å². The lowest BCUT2D eigenvalue weighted by molar-refractivity contribution is -0.110. The van der Waals surface area contributed by atoms with Gasteiger partial charge in [0.1, 0.15) is 0 Å². The highest BCUT2D eigenvalue weighted by atomic mass is 32.2. The number of carbonyl (C=O) groups excluding carboxylic acids is 1. The molecule has 0 atom stereocenters. The van der Waals surface area contributed by atoms with Gasteiger partial charge < -0.3 is 15.1 Å². The van der Waals surface area contributed by atoms with Crippen LogP contribution < -0.4 is 19.8 Å². The summed E-state index contributed by atoms with van der Waals surface area (Å²) in [5, 5.41) is 2.38. The van der Waals surface area contributed by atoms with Crippen molar-refractivity contribution in [1.29, 1.82) is 0 Å². The molecule has 192 valence electrons. The van der Waals surface area contributed by atoms with Gasteiger partial charge >= 0.3 is 0 Å². The number of carbonyl (C=O) groups is 1. The molecular weight excluding hydrogens is 484 g/mol. The van der Waals surface area contributed by atoms with Crippen molar-refractivity contribution >= 4 is 50.0 Å². The number of sulfonamides is 1. The first kappa shape index (κ1) is 24.9. The summed E-state index contributed by atoms with van der Waals surface area (Å²) in [6, 6.07) is 23.4. The Balaban J connectivity index is 1.60. The number of nitrogens with zero attached hydrogens (tertiary/aromatic N) is 2. The summed E-state index contributed by atoms with van der Waals surface area (Å²) in [6.45, 7) is 5.41. The summed E-state index contributed by atoms with van der Waals surface area (Å²) in [7, 11) is -1.57. The van der Waals surface area contributed by atoms with Gasteiger partial charge in [0.2, 0.25) is 10.0 Å². The zero-order valence-corrected chi connectivity index (χ0v) is 22.2. The third-order valence-corrected chi connectivity index (χ3v) is 8.73. The normalized spacial score (nSPS) is 16.5. The van der Waals surface area contributed by atoms with Crippen LogP contribution in [0.15, 0.2) is 72.8 Å². The summed E-state index contributed by atoms with van der Waals surface area (Å²) in [5.74, 6) is -0.224. The summed E-state index contributed by atoms with van der Waals surface area (Å²) >= 11 is 0. The van der Waals surface area contributed by atoms with Crippen LogP contribution in [-0.4, -0.2) is 39.7 Å². The van der Waals surface area contributed by atoms with Crippen LogP contribution in [0, 0.1) is 0 Å². The maximum absolute atomic E-state index is 13.4. The lowest BCUT2D eigenvalue weighted by Gasteiger charge is -2.26. The van der Waals surface area contributed by atoms with Crippen molar-refractivity contribution in [2.45, 2.75) is 31.9 Å². The van der Waals surface area contributed by atoms with E-state index in [9.17, 15) is 13.2 Å². The van der Waals surface area contributed by atoms with Crippen molar-refractivity contribution in [3.8, 4) is 0 Å². The Morgan fingerprint density at radius 1 is 0.973 bits per heavy atom. The molecule has 0 unspecified atom stereocenters. The predicted octanol–water partition coefficient (Wildman–Crippen LogP) is 5.39. The van der Waals surface area contributed by atoms with Gasteiger partial charge in [-0.15, -0.1) is 0 Å². The van der Waals surface area contributed by atoms with Crippen molar-refractivity contribution in [3.63, 3.8) is 0 Å². The third-order valence-electron chi connectivity index (χ3n) is 6.97. The minimum atomic E-state index is -3.53. The summed E-state index contributed by atoms with van der Waals surface area (Å²) in [6.07, 6.45) is 2.44. The van der Waals surface area contributed by atoms with E-state index in [-0.39, 0.29) is 5.91 Å². The van der Waals surface area contributed by atoms with E-state index in [2.05, 4.69) is 39.2 Å². The number of hydrogen-bond donors (Lipinski definition) is 2. The summed E-state index contributed by atoms with van der Waals surface area (Å²) < 4.78 is 27.6. The number of fused-ring (bicyclic) bond motifs is 1. The minimum Gasteiger partial charge on any atom is -0.372 e. The van der Waals surface area contributed by atoms with Gasteiger partial charge in [0.25, 0.3) is 5.91 Å². The second kappa shape index (κ2) is 9.94. The Morgan fingerprint density at radius 2 is 1.65 bits per heavy atom. The second-order valence-electron chi connectivity index (χ2n) is 9.77. The molecule has 2 aliphatic rings.